The van der Waals surface area contributed by atoms with E-state index in [2.05, 4.69) is 4.74 Å². The van der Waals surface area contributed by atoms with Crippen LogP contribution in [-0.4, -0.2) is 40.9 Å². The van der Waals surface area contributed by atoms with Crippen LogP contribution >= 0.6 is 11.8 Å². The number of methoxy groups -OCH3 is 1. The predicted octanol–water partition coefficient (Wildman–Crippen LogP) is 1.03. The second kappa shape index (κ2) is 5.86. The van der Waals surface area contributed by atoms with Gasteiger partial charge < -0.3 is 9.84 Å². The second-order valence-electron chi connectivity index (χ2n) is 3.66. The van der Waals surface area contributed by atoms with Gasteiger partial charge in [-0.3, -0.25) is 9.59 Å². The number of ether oxygens (including phenoxy) is 1. The fourth-order valence-electron chi connectivity index (χ4n) is 1.55. The molecule has 1 rings (SSSR count). The molecule has 94 valence electrons. The molecule has 0 amide bonds. The van der Waals surface area contributed by atoms with Gasteiger partial charge >= 0.3 is 11.9 Å². The zero-order valence-electron chi connectivity index (χ0n) is 9.69. The van der Waals surface area contributed by atoms with Crippen LogP contribution < -0.4 is 0 Å². The van der Waals surface area contributed by atoms with Crippen molar-refractivity contribution in [1.29, 1.82) is 0 Å². The molecule has 0 aromatic rings. The molecule has 5 nitrogen and oxygen atoms in total. The molecule has 0 spiro atoms. The van der Waals surface area contributed by atoms with Gasteiger partial charge in [-0.25, -0.2) is 4.79 Å². The van der Waals surface area contributed by atoms with Crippen LogP contribution in [0.2, 0.25) is 0 Å². The van der Waals surface area contributed by atoms with Gasteiger partial charge in [0.2, 0.25) is 0 Å². The van der Waals surface area contributed by atoms with E-state index in [1.807, 2.05) is 0 Å². The first-order valence-electron chi connectivity index (χ1n) is 5.15. The van der Waals surface area contributed by atoms with Gasteiger partial charge in [-0.15, -0.1) is 11.8 Å². The first-order chi connectivity index (χ1) is 7.97. The number of carboxylic acid groups (broad SMARTS) is 1. The summed E-state index contributed by atoms with van der Waals surface area (Å²) < 4.78 is 4.55. The van der Waals surface area contributed by atoms with E-state index in [4.69, 9.17) is 5.11 Å². The van der Waals surface area contributed by atoms with Gasteiger partial charge in [-0.1, -0.05) is 0 Å². The largest absolute Gasteiger partial charge is 0.478 e. The summed E-state index contributed by atoms with van der Waals surface area (Å²) in [5, 5.41) is 8.50. The van der Waals surface area contributed by atoms with E-state index in [1.165, 1.54) is 18.9 Å². The molecule has 0 aromatic carbocycles. The molecule has 0 bridgehead atoms. The molecular weight excluding hydrogens is 244 g/mol. The molecule has 0 aliphatic heterocycles. The number of thioether (sulfide) groups is 1. The van der Waals surface area contributed by atoms with Crippen molar-refractivity contribution in [3.05, 3.63) is 11.1 Å². The van der Waals surface area contributed by atoms with Gasteiger partial charge in [-0.05, 0) is 13.3 Å². The molecule has 17 heavy (non-hydrogen) atoms. The molecule has 1 aliphatic rings. The Hall–Kier alpha value is -1.30. The number of aliphatic carboxylic acids is 1. The summed E-state index contributed by atoms with van der Waals surface area (Å²) in [5.41, 5.74) is 0.512. The fourth-order valence-corrected chi connectivity index (χ4v) is 2.54. The molecule has 1 aliphatic carbocycles. The summed E-state index contributed by atoms with van der Waals surface area (Å²) in [6.07, 6.45) is 0.542. The number of Topliss-reactive ketones (excluding diaryl/α,β-unsaturated/α-hetero) is 1. The zero-order valence-corrected chi connectivity index (χ0v) is 10.5. The molecule has 0 saturated carbocycles. The molecule has 0 radical (unpaired) electrons. The van der Waals surface area contributed by atoms with Crippen molar-refractivity contribution >= 4 is 29.5 Å². The Morgan fingerprint density at radius 3 is 2.65 bits per heavy atom. The number of carbonyl (C=O) groups excluding carboxylic acids is 2. The predicted molar refractivity (Wildman–Crippen MR) is 62.8 cm³/mol. The van der Waals surface area contributed by atoms with Crippen LogP contribution in [0.1, 0.15) is 19.8 Å². The lowest BCUT2D eigenvalue weighted by Crippen LogP contribution is -2.16. The topological polar surface area (TPSA) is 80.7 Å². The van der Waals surface area contributed by atoms with Crippen LogP contribution in [0.3, 0.4) is 0 Å². The molecular formula is C11H14O5S. The zero-order chi connectivity index (χ0) is 13.0. The lowest BCUT2D eigenvalue weighted by Gasteiger charge is -2.09. The lowest BCUT2D eigenvalue weighted by atomic mass is 10.2. The van der Waals surface area contributed by atoms with Gasteiger partial charge in [0, 0.05) is 23.3 Å². The quantitative estimate of drug-likeness (QED) is 0.742. The highest BCUT2D eigenvalue weighted by Crippen LogP contribution is 2.27. The van der Waals surface area contributed by atoms with E-state index in [-0.39, 0.29) is 35.9 Å². The van der Waals surface area contributed by atoms with Crippen LogP contribution in [0, 0.1) is 0 Å². The van der Waals surface area contributed by atoms with Gasteiger partial charge in [0.15, 0.2) is 5.78 Å². The second-order valence-corrected chi connectivity index (χ2v) is 4.99. The molecule has 0 fully saturated rings. The minimum absolute atomic E-state index is 0.132. The van der Waals surface area contributed by atoms with Crippen molar-refractivity contribution in [1.82, 2.24) is 0 Å². The van der Waals surface area contributed by atoms with E-state index in [0.717, 1.165) is 0 Å². The number of esters is 1. The highest BCUT2D eigenvalue weighted by Gasteiger charge is 2.28. The van der Waals surface area contributed by atoms with Crippen LogP contribution in [-0.2, 0) is 19.1 Å². The number of carbonyl (C=O) groups is 3. The highest BCUT2D eigenvalue weighted by atomic mass is 32.2. The minimum Gasteiger partial charge on any atom is -0.478 e. The Balaban J connectivity index is 2.67. The van der Waals surface area contributed by atoms with Crippen molar-refractivity contribution in [2.45, 2.75) is 25.0 Å². The monoisotopic (exact) mass is 258 g/mol. The molecule has 0 saturated heterocycles. The smallest absolute Gasteiger partial charge is 0.332 e. The number of carboxylic acids is 1. The molecule has 1 atom stereocenters. The Morgan fingerprint density at radius 1 is 1.47 bits per heavy atom. The minimum atomic E-state index is -1.04. The molecule has 1 unspecified atom stereocenters. The van der Waals surface area contributed by atoms with Gasteiger partial charge in [0.05, 0.1) is 12.4 Å². The maximum absolute atomic E-state index is 11.5. The van der Waals surface area contributed by atoms with E-state index in [9.17, 15) is 14.4 Å². The Morgan fingerprint density at radius 2 is 2.12 bits per heavy atom. The summed E-state index contributed by atoms with van der Waals surface area (Å²) >= 11 is 1.21. The molecule has 1 N–H and O–H groups in total. The van der Waals surface area contributed by atoms with Crippen molar-refractivity contribution in [2.75, 3.05) is 12.9 Å². The molecule has 0 heterocycles. The Kier molecular flexibility index (Phi) is 4.74. The van der Waals surface area contributed by atoms with Crippen molar-refractivity contribution < 1.29 is 24.2 Å². The Labute approximate surface area is 103 Å². The summed E-state index contributed by atoms with van der Waals surface area (Å²) in [5.74, 6) is -1.31. The normalized spacial score (nSPS) is 17.2. The lowest BCUT2D eigenvalue weighted by molar-refractivity contribution is -0.139. The van der Waals surface area contributed by atoms with Crippen LogP contribution in [0.4, 0.5) is 0 Å². The third kappa shape index (κ3) is 3.33. The van der Waals surface area contributed by atoms with E-state index in [1.54, 1.807) is 6.92 Å². The average molecular weight is 258 g/mol. The highest BCUT2D eigenvalue weighted by molar-refractivity contribution is 8.00. The van der Waals surface area contributed by atoms with E-state index >= 15 is 0 Å². The van der Waals surface area contributed by atoms with E-state index < -0.39 is 11.2 Å². The van der Waals surface area contributed by atoms with Gasteiger partial charge in [-0.2, -0.15) is 0 Å². The van der Waals surface area contributed by atoms with Crippen molar-refractivity contribution in [2.24, 2.45) is 0 Å². The SMILES string of the molecule is COC(=O)C(C)SCC1=C(C(=O)O)CCC1=O. The first-order valence-corrected chi connectivity index (χ1v) is 6.20. The number of hydrogen-bond acceptors (Lipinski definition) is 5. The maximum Gasteiger partial charge on any atom is 0.332 e. The first kappa shape index (κ1) is 13.8. The summed E-state index contributed by atoms with van der Waals surface area (Å²) in [4.78, 5) is 33.5. The molecule has 0 aromatic heterocycles. The molecule has 6 heteroatoms. The summed E-state index contributed by atoms with van der Waals surface area (Å²) in [6.45, 7) is 1.66. The standard InChI is InChI=1S/C11H14O5S/c1-6(11(15)16-2)17-5-8-7(10(13)14)3-4-9(8)12/h6H,3-5H2,1-2H3,(H,13,14). The van der Waals surface area contributed by atoms with Crippen LogP contribution in [0.15, 0.2) is 11.1 Å². The fraction of sp³-hybridized carbons (Fsp3) is 0.545. The Bertz CT molecular complexity index is 385. The maximum atomic E-state index is 11.5. The third-order valence-electron chi connectivity index (χ3n) is 2.57. The summed E-state index contributed by atoms with van der Waals surface area (Å²) in [6, 6.07) is 0. The van der Waals surface area contributed by atoms with Crippen LogP contribution in [0.5, 0.6) is 0 Å². The van der Waals surface area contributed by atoms with Crippen molar-refractivity contribution in [3.8, 4) is 0 Å². The average Bonchev–Trinajstić information content (AvgIpc) is 2.66. The number of rotatable bonds is 5. The number of hydrogen-bond donors (Lipinski definition) is 1. The van der Waals surface area contributed by atoms with Gasteiger partial charge in [0.1, 0.15) is 0 Å². The van der Waals surface area contributed by atoms with E-state index in [0.29, 0.717) is 5.57 Å². The summed E-state index contributed by atoms with van der Waals surface area (Å²) in [7, 11) is 1.29. The van der Waals surface area contributed by atoms with Crippen LogP contribution in [0.25, 0.3) is 0 Å². The third-order valence-corrected chi connectivity index (χ3v) is 3.72. The van der Waals surface area contributed by atoms with Gasteiger partial charge in [0.25, 0.3) is 0 Å². The van der Waals surface area contributed by atoms with Crippen molar-refractivity contribution in [3.63, 3.8) is 0 Å². The number of ketones is 1.